The van der Waals surface area contributed by atoms with Crippen LogP contribution in [-0.4, -0.2) is 19.3 Å². The van der Waals surface area contributed by atoms with Gasteiger partial charge < -0.3 is 4.74 Å². The van der Waals surface area contributed by atoms with E-state index in [4.69, 9.17) is 4.74 Å². The van der Waals surface area contributed by atoms with Crippen molar-refractivity contribution in [2.75, 3.05) is 0 Å². The lowest BCUT2D eigenvalue weighted by Gasteiger charge is -2.10. The molecular weight excluding hydrogens is 424 g/mol. The highest BCUT2D eigenvalue weighted by Crippen LogP contribution is 2.17. The van der Waals surface area contributed by atoms with E-state index in [1.54, 1.807) is 36.4 Å². The molecule has 4 rings (SSSR count). The van der Waals surface area contributed by atoms with Gasteiger partial charge in [-0.2, -0.15) is 0 Å². The first-order valence-corrected chi connectivity index (χ1v) is 11.6. The van der Waals surface area contributed by atoms with E-state index in [1.807, 2.05) is 43.3 Å². The number of amides is 1. The molecule has 0 atom stereocenters. The van der Waals surface area contributed by atoms with Crippen molar-refractivity contribution in [3.05, 3.63) is 102 Å². The Morgan fingerprint density at radius 3 is 2.53 bits per heavy atom. The minimum absolute atomic E-state index is 0.0522. The number of para-hydroxylation sites is 1. The highest BCUT2D eigenvalue weighted by atomic mass is 32.2. The Morgan fingerprint density at radius 1 is 0.938 bits per heavy atom. The molecule has 6 nitrogen and oxygen atoms in total. The Morgan fingerprint density at radius 2 is 1.72 bits per heavy atom. The number of benzene rings is 3. The van der Waals surface area contributed by atoms with E-state index in [1.165, 1.54) is 12.1 Å². The third kappa shape index (κ3) is 5.31. The molecule has 0 radical (unpaired) electrons. The van der Waals surface area contributed by atoms with Crippen molar-refractivity contribution in [1.82, 2.24) is 9.71 Å². The van der Waals surface area contributed by atoms with Crippen LogP contribution in [0, 0.1) is 6.92 Å². The van der Waals surface area contributed by atoms with Crippen LogP contribution in [-0.2, 0) is 27.8 Å². The molecule has 0 bridgehead atoms. The first-order valence-electron chi connectivity index (χ1n) is 10.1. The minimum Gasteiger partial charge on any atom is -0.487 e. The summed E-state index contributed by atoms with van der Waals surface area (Å²) in [5, 5.41) is 1.06. The molecule has 0 aliphatic rings. The van der Waals surface area contributed by atoms with Gasteiger partial charge in [0.1, 0.15) is 12.4 Å². The quantitative estimate of drug-likeness (QED) is 0.461. The second-order valence-corrected chi connectivity index (χ2v) is 9.13. The van der Waals surface area contributed by atoms with Crippen LogP contribution in [0.1, 0.15) is 16.8 Å². The van der Waals surface area contributed by atoms with E-state index in [2.05, 4.69) is 9.71 Å². The number of pyridine rings is 1. The number of rotatable bonds is 7. The number of ether oxygens (including phenoxy) is 1. The zero-order chi connectivity index (χ0) is 22.6. The van der Waals surface area contributed by atoms with Crippen molar-refractivity contribution >= 4 is 26.8 Å². The van der Waals surface area contributed by atoms with E-state index >= 15 is 0 Å². The molecule has 1 heterocycles. The second-order valence-electron chi connectivity index (χ2n) is 7.45. The number of carbonyl (C=O) groups is 1. The van der Waals surface area contributed by atoms with Crippen LogP contribution in [0.4, 0.5) is 0 Å². The molecule has 0 unspecified atom stereocenters. The fraction of sp³-hybridized carbons (Fsp3) is 0.120. The van der Waals surface area contributed by atoms with Gasteiger partial charge in [0.15, 0.2) is 0 Å². The van der Waals surface area contributed by atoms with Gasteiger partial charge in [-0.3, -0.25) is 4.79 Å². The van der Waals surface area contributed by atoms with Crippen molar-refractivity contribution in [2.24, 2.45) is 0 Å². The molecule has 1 amide bonds. The third-order valence-electron chi connectivity index (χ3n) is 4.89. The standard InChI is InChI=1S/C25H22N2O4S/c1-18-9-13-23(14-10-18)32(29,30)27-25(28)16-19-5-4-7-22(15-19)31-17-21-12-11-20-6-2-3-8-24(20)26-21/h2-15H,16-17H2,1H3,(H,27,28). The molecule has 162 valence electrons. The molecule has 32 heavy (non-hydrogen) atoms. The molecule has 1 aromatic heterocycles. The van der Waals surface area contributed by atoms with E-state index in [0.29, 0.717) is 11.3 Å². The number of carbonyl (C=O) groups excluding carboxylic acids is 1. The monoisotopic (exact) mass is 446 g/mol. The maximum atomic E-state index is 12.4. The molecule has 0 spiro atoms. The second kappa shape index (κ2) is 9.20. The zero-order valence-electron chi connectivity index (χ0n) is 17.5. The van der Waals surface area contributed by atoms with Gasteiger partial charge in [-0.1, -0.05) is 54.1 Å². The number of aromatic nitrogens is 1. The molecule has 1 N–H and O–H groups in total. The van der Waals surface area contributed by atoms with Crippen LogP contribution in [0.3, 0.4) is 0 Å². The molecule has 3 aromatic carbocycles. The lowest BCUT2D eigenvalue weighted by atomic mass is 10.1. The van der Waals surface area contributed by atoms with Crippen molar-refractivity contribution in [3.63, 3.8) is 0 Å². The highest BCUT2D eigenvalue weighted by Gasteiger charge is 2.17. The van der Waals surface area contributed by atoms with Crippen molar-refractivity contribution < 1.29 is 17.9 Å². The number of nitrogens with zero attached hydrogens (tertiary/aromatic N) is 1. The summed E-state index contributed by atoms with van der Waals surface area (Å²) in [6.07, 6.45) is -0.0868. The summed E-state index contributed by atoms with van der Waals surface area (Å²) < 4.78 is 32.7. The van der Waals surface area contributed by atoms with E-state index in [9.17, 15) is 13.2 Å². The van der Waals surface area contributed by atoms with Gasteiger partial charge in [0.2, 0.25) is 5.91 Å². The Hall–Kier alpha value is -3.71. The smallest absolute Gasteiger partial charge is 0.264 e. The van der Waals surface area contributed by atoms with Gasteiger partial charge in [0.05, 0.1) is 22.5 Å². The first kappa shape index (κ1) is 21.5. The van der Waals surface area contributed by atoms with Gasteiger partial charge >= 0.3 is 0 Å². The summed E-state index contributed by atoms with van der Waals surface area (Å²) in [5.74, 6) is -0.0365. The predicted octanol–water partition coefficient (Wildman–Crippen LogP) is 4.17. The summed E-state index contributed by atoms with van der Waals surface area (Å²) in [6, 6.07) is 25.1. The van der Waals surface area contributed by atoms with E-state index < -0.39 is 15.9 Å². The Kier molecular flexibility index (Phi) is 6.18. The van der Waals surface area contributed by atoms with Crippen LogP contribution in [0.25, 0.3) is 10.9 Å². The fourth-order valence-corrected chi connectivity index (χ4v) is 4.22. The summed E-state index contributed by atoms with van der Waals surface area (Å²) >= 11 is 0. The van der Waals surface area contributed by atoms with Crippen molar-refractivity contribution in [1.29, 1.82) is 0 Å². The topological polar surface area (TPSA) is 85.4 Å². The molecule has 7 heteroatoms. The van der Waals surface area contributed by atoms with Gasteiger partial charge in [-0.15, -0.1) is 0 Å². The number of hydrogen-bond donors (Lipinski definition) is 1. The minimum atomic E-state index is -3.91. The Labute approximate surface area is 186 Å². The van der Waals surface area contributed by atoms with Gasteiger partial charge in [0.25, 0.3) is 10.0 Å². The highest BCUT2D eigenvalue weighted by molar-refractivity contribution is 7.90. The van der Waals surface area contributed by atoms with Crippen LogP contribution < -0.4 is 9.46 Å². The summed E-state index contributed by atoms with van der Waals surface area (Å²) in [7, 11) is -3.91. The first-order chi connectivity index (χ1) is 15.4. The van der Waals surface area contributed by atoms with Gasteiger partial charge in [-0.05, 0) is 48.9 Å². The number of fused-ring (bicyclic) bond motifs is 1. The maximum absolute atomic E-state index is 12.4. The van der Waals surface area contributed by atoms with Crippen LogP contribution >= 0.6 is 0 Å². The van der Waals surface area contributed by atoms with Crippen molar-refractivity contribution in [2.45, 2.75) is 24.8 Å². The molecule has 0 saturated carbocycles. The SMILES string of the molecule is Cc1ccc(S(=O)(=O)NC(=O)Cc2cccc(OCc3ccc4ccccc4n3)c2)cc1. The average Bonchev–Trinajstić information content (AvgIpc) is 2.77. The van der Waals surface area contributed by atoms with E-state index in [-0.39, 0.29) is 17.9 Å². The Balaban J connectivity index is 1.38. The molecular formula is C25H22N2O4S. The van der Waals surface area contributed by atoms with Crippen LogP contribution in [0.5, 0.6) is 5.75 Å². The number of sulfonamides is 1. The van der Waals surface area contributed by atoms with Crippen LogP contribution in [0.15, 0.2) is 89.8 Å². The van der Waals surface area contributed by atoms with Crippen molar-refractivity contribution in [3.8, 4) is 5.75 Å². The molecule has 0 aliphatic carbocycles. The van der Waals surface area contributed by atoms with Crippen LogP contribution in [0.2, 0.25) is 0 Å². The van der Waals surface area contributed by atoms with Gasteiger partial charge in [-0.25, -0.2) is 18.1 Å². The molecule has 4 aromatic rings. The number of nitrogens with one attached hydrogen (secondary N) is 1. The lowest BCUT2D eigenvalue weighted by molar-refractivity contribution is -0.118. The fourth-order valence-electron chi connectivity index (χ4n) is 3.24. The zero-order valence-corrected chi connectivity index (χ0v) is 18.3. The normalized spacial score (nSPS) is 11.3. The Bertz CT molecular complexity index is 1370. The lowest BCUT2D eigenvalue weighted by Crippen LogP contribution is -2.31. The summed E-state index contributed by atoms with van der Waals surface area (Å²) in [4.78, 5) is 17.0. The third-order valence-corrected chi connectivity index (χ3v) is 6.27. The average molecular weight is 447 g/mol. The maximum Gasteiger partial charge on any atom is 0.264 e. The summed E-state index contributed by atoms with van der Waals surface area (Å²) in [6.45, 7) is 2.14. The van der Waals surface area contributed by atoms with E-state index in [0.717, 1.165) is 22.2 Å². The number of hydrogen-bond acceptors (Lipinski definition) is 5. The molecule has 0 fully saturated rings. The predicted molar refractivity (Wildman–Crippen MR) is 123 cm³/mol. The number of aryl methyl sites for hydroxylation is 1. The molecule has 0 saturated heterocycles. The van der Waals surface area contributed by atoms with Gasteiger partial charge in [0, 0.05) is 5.39 Å². The largest absolute Gasteiger partial charge is 0.487 e. The summed E-state index contributed by atoms with van der Waals surface area (Å²) in [5.41, 5.74) is 3.27. The molecule has 0 aliphatic heterocycles.